The number of hydrogen-bond donors (Lipinski definition) is 2. The van der Waals surface area contributed by atoms with Crippen LogP contribution in [-0.4, -0.2) is 38.0 Å². The number of nitrogens with one attached hydrogen (secondary N) is 2. The first kappa shape index (κ1) is 18.2. The Bertz CT molecular complexity index is 565. The molecule has 1 saturated heterocycles. The summed E-state index contributed by atoms with van der Waals surface area (Å²) in [6, 6.07) is 6.79. The minimum Gasteiger partial charge on any atom is -0.367 e. The van der Waals surface area contributed by atoms with E-state index in [4.69, 9.17) is 0 Å². The van der Waals surface area contributed by atoms with Crippen molar-refractivity contribution in [2.75, 3.05) is 25.0 Å². The summed E-state index contributed by atoms with van der Waals surface area (Å²) >= 11 is 0. The van der Waals surface area contributed by atoms with Crippen molar-refractivity contribution in [1.82, 2.24) is 10.6 Å². The van der Waals surface area contributed by atoms with Crippen molar-refractivity contribution in [3.63, 3.8) is 0 Å². The molecule has 1 aromatic carbocycles. The van der Waals surface area contributed by atoms with Crippen molar-refractivity contribution in [2.24, 2.45) is 0 Å². The Morgan fingerprint density at radius 3 is 2.62 bits per heavy atom. The van der Waals surface area contributed by atoms with Crippen LogP contribution in [0, 0.1) is 5.82 Å². The smallest absolute Gasteiger partial charge is 0.220 e. The molecule has 2 N–H and O–H groups in total. The molecule has 0 saturated carbocycles. The molecule has 2 rings (SSSR count). The Hall–Kier alpha value is -2.11. The van der Waals surface area contributed by atoms with E-state index >= 15 is 0 Å². The number of amides is 2. The zero-order chi connectivity index (χ0) is 17.4. The zero-order valence-corrected chi connectivity index (χ0v) is 14.2. The van der Waals surface area contributed by atoms with E-state index in [-0.39, 0.29) is 23.7 Å². The van der Waals surface area contributed by atoms with E-state index in [0.29, 0.717) is 37.9 Å². The summed E-state index contributed by atoms with van der Waals surface area (Å²) in [5, 5.41) is 5.60. The van der Waals surface area contributed by atoms with Gasteiger partial charge in [-0.05, 0) is 37.8 Å². The number of nitrogens with zero attached hydrogens (tertiary/aromatic N) is 1. The van der Waals surface area contributed by atoms with Crippen LogP contribution in [0.4, 0.5) is 10.1 Å². The number of piperidine rings is 1. The molecule has 0 unspecified atom stereocenters. The number of rotatable bonds is 7. The fraction of sp³-hybridized carbons (Fsp3) is 0.556. The Morgan fingerprint density at radius 1 is 1.21 bits per heavy atom. The summed E-state index contributed by atoms with van der Waals surface area (Å²) in [6.45, 7) is 1.43. The molecule has 0 bridgehead atoms. The van der Waals surface area contributed by atoms with Crippen LogP contribution in [0.3, 0.4) is 0 Å². The summed E-state index contributed by atoms with van der Waals surface area (Å²) < 4.78 is 13.9. The van der Waals surface area contributed by atoms with Crippen LogP contribution < -0.4 is 15.5 Å². The number of para-hydroxylation sites is 1. The van der Waals surface area contributed by atoms with Crippen LogP contribution in [0.1, 0.15) is 38.5 Å². The van der Waals surface area contributed by atoms with Gasteiger partial charge in [-0.1, -0.05) is 12.1 Å². The van der Waals surface area contributed by atoms with Gasteiger partial charge in [0, 0.05) is 39.0 Å². The molecule has 1 atom stereocenters. The molecule has 1 fully saturated rings. The number of anilines is 1. The molecule has 0 aromatic heterocycles. The standard InChI is InChI=1S/C18H26FN3O2/c1-20-17(23)10-4-5-11-18(24)21-14-7-6-12-22(13-14)16-9-3-2-8-15(16)19/h2-3,8-9,14H,4-7,10-13H2,1H3,(H,20,23)(H,21,24)/t14-/m1/s1. The quantitative estimate of drug-likeness (QED) is 0.751. The highest BCUT2D eigenvalue weighted by Gasteiger charge is 2.22. The third kappa shape index (κ3) is 5.51. The summed E-state index contributed by atoms with van der Waals surface area (Å²) in [4.78, 5) is 25.2. The maximum absolute atomic E-state index is 13.9. The summed E-state index contributed by atoms with van der Waals surface area (Å²) in [5.41, 5.74) is 0.599. The molecule has 2 amide bonds. The SMILES string of the molecule is CNC(=O)CCCCC(=O)N[C@@H]1CCCN(c2ccccc2F)C1. The highest BCUT2D eigenvalue weighted by atomic mass is 19.1. The lowest BCUT2D eigenvalue weighted by Crippen LogP contribution is -2.48. The van der Waals surface area contributed by atoms with Gasteiger partial charge in [0.05, 0.1) is 5.69 Å². The average Bonchev–Trinajstić information content (AvgIpc) is 2.59. The van der Waals surface area contributed by atoms with Crippen LogP contribution in [-0.2, 0) is 9.59 Å². The molecule has 0 aliphatic carbocycles. The molecule has 132 valence electrons. The molecule has 1 heterocycles. The first-order chi connectivity index (χ1) is 11.6. The molecular weight excluding hydrogens is 309 g/mol. The van der Waals surface area contributed by atoms with Crippen LogP contribution in [0.5, 0.6) is 0 Å². The first-order valence-corrected chi connectivity index (χ1v) is 8.59. The van der Waals surface area contributed by atoms with Gasteiger partial charge in [-0.2, -0.15) is 0 Å². The van der Waals surface area contributed by atoms with Gasteiger partial charge in [-0.25, -0.2) is 4.39 Å². The minimum absolute atomic E-state index is 0.00298. The lowest BCUT2D eigenvalue weighted by atomic mass is 10.0. The van der Waals surface area contributed by atoms with Gasteiger partial charge in [0.25, 0.3) is 0 Å². The Labute approximate surface area is 142 Å². The van der Waals surface area contributed by atoms with Gasteiger partial charge in [0.2, 0.25) is 11.8 Å². The maximum atomic E-state index is 13.9. The highest BCUT2D eigenvalue weighted by Crippen LogP contribution is 2.22. The normalized spacial score (nSPS) is 17.4. The first-order valence-electron chi connectivity index (χ1n) is 8.59. The van der Waals surface area contributed by atoms with Gasteiger partial charge < -0.3 is 15.5 Å². The number of carbonyl (C=O) groups is 2. The second kappa shape index (κ2) is 9.25. The van der Waals surface area contributed by atoms with Crippen molar-refractivity contribution < 1.29 is 14.0 Å². The van der Waals surface area contributed by atoms with E-state index in [1.54, 1.807) is 19.2 Å². The number of hydrogen-bond acceptors (Lipinski definition) is 3. The largest absolute Gasteiger partial charge is 0.367 e. The fourth-order valence-corrected chi connectivity index (χ4v) is 3.02. The molecule has 1 aliphatic rings. The van der Waals surface area contributed by atoms with E-state index in [0.717, 1.165) is 19.4 Å². The Balaban J connectivity index is 1.75. The number of benzene rings is 1. The molecule has 5 nitrogen and oxygen atoms in total. The lowest BCUT2D eigenvalue weighted by molar-refractivity contribution is -0.123. The van der Waals surface area contributed by atoms with Crippen LogP contribution >= 0.6 is 0 Å². The number of unbranched alkanes of at least 4 members (excludes halogenated alkanes) is 1. The molecule has 0 radical (unpaired) electrons. The minimum atomic E-state index is -0.223. The van der Waals surface area contributed by atoms with E-state index in [9.17, 15) is 14.0 Å². The molecule has 0 spiro atoms. The summed E-state index contributed by atoms with van der Waals surface area (Å²) in [7, 11) is 1.61. The van der Waals surface area contributed by atoms with Crippen molar-refractivity contribution in [2.45, 2.75) is 44.6 Å². The van der Waals surface area contributed by atoms with Gasteiger partial charge in [0.1, 0.15) is 5.82 Å². The molecule has 24 heavy (non-hydrogen) atoms. The van der Waals surface area contributed by atoms with Crippen LogP contribution in [0.25, 0.3) is 0 Å². The van der Waals surface area contributed by atoms with E-state index < -0.39 is 0 Å². The predicted molar refractivity (Wildman–Crippen MR) is 92.3 cm³/mol. The third-order valence-corrected chi connectivity index (χ3v) is 4.32. The van der Waals surface area contributed by atoms with Crippen molar-refractivity contribution in [3.05, 3.63) is 30.1 Å². The lowest BCUT2D eigenvalue weighted by Gasteiger charge is -2.35. The van der Waals surface area contributed by atoms with Gasteiger partial charge in [-0.15, -0.1) is 0 Å². The van der Waals surface area contributed by atoms with E-state index in [1.807, 2.05) is 11.0 Å². The topological polar surface area (TPSA) is 61.4 Å². The average molecular weight is 335 g/mol. The van der Waals surface area contributed by atoms with Gasteiger partial charge >= 0.3 is 0 Å². The van der Waals surface area contributed by atoms with Crippen molar-refractivity contribution >= 4 is 17.5 Å². The monoisotopic (exact) mass is 335 g/mol. The third-order valence-electron chi connectivity index (χ3n) is 4.32. The molecule has 6 heteroatoms. The summed E-state index contributed by atoms with van der Waals surface area (Å²) in [6.07, 6.45) is 4.12. The second-order valence-corrected chi connectivity index (χ2v) is 6.18. The summed E-state index contributed by atoms with van der Waals surface area (Å²) in [5.74, 6) is -0.214. The highest BCUT2D eigenvalue weighted by molar-refractivity contribution is 5.77. The van der Waals surface area contributed by atoms with Crippen molar-refractivity contribution in [1.29, 1.82) is 0 Å². The van der Waals surface area contributed by atoms with Crippen LogP contribution in [0.15, 0.2) is 24.3 Å². The van der Waals surface area contributed by atoms with E-state index in [1.165, 1.54) is 6.07 Å². The van der Waals surface area contributed by atoms with Crippen molar-refractivity contribution in [3.8, 4) is 0 Å². The number of halogens is 1. The second-order valence-electron chi connectivity index (χ2n) is 6.18. The predicted octanol–water partition coefficient (Wildman–Crippen LogP) is 2.22. The Morgan fingerprint density at radius 2 is 1.92 bits per heavy atom. The van der Waals surface area contributed by atoms with Crippen LogP contribution in [0.2, 0.25) is 0 Å². The Kier molecular flexibility index (Phi) is 7.03. The number of carbonyl (C=O) groups excluding carboxylic acids is 2. The molecular formula is C18H26FN3O2. The maximum Gasteiger partial charge on any atom is 0.220 e. The fourth-order valence-electron chi connectivity index (χ4n) is 3.02. The molecule has 1 aliphatic heterocycles. The van der Waals surface area contributed by atoms with E-state index in [2.05, 4.69) is 10.6 Å². The van der Waals surface area contributed by atoms with Gasteiger partial charge in [-0.3, -0.25) is 9.59 Å². The van der Waals surface area contributed by atoms with Gasteiger partial charge in [0.15, 0.2) is 0 Å². The zero-order valence-electron chi connectivity index (χ0n) is 14.2. The molecule has 1 aromatic rings.